The number of nitrogens with two attached hydrogens (primary N) is 1. The fourth-order valence-corrected chi connectivity index (χ4v) is 5.86. The minimum atomic E-state index is -0.171. The second kappa shape index (κ2) is 9.07. The molecular formula is C28H29ClN4O2. The number of halogens is 1. The molecule has 35 heavy (non-hydrogen) atoms. The van der Waals surface area contributed by atoms with E-state index in [1.165, 1.54) is 15.7 Å². The highest BCUT2D eigenvalue weighted by Crippen LogP contribution is 2.51. The maximum Gasteiger partial charge on any atom is 0.260 e. The van der Waals surface area contributed by atoms with Crippen molar-refractivity contribution < 1.29 is 4.74 Å². The molecule has 1 aromatic heterocycles. The number of aromatic nitrogens is 2. The molecule has 0 radical (unpaired) electrons. The standard InChI is InChI=1S/C28H29ClN4O2/c1-4-19-9-10-20-17-28(27(30)21(20)15-19)11-13-32(14-12-28)24-16-25(34)33(18(3)31-24)22-7-6-8-23(26(22)29)35-5-2/h1,6-10,15-16,27H,5,11-14,17,30H2,2-3H3/t27-/m1/s1. The predicted octanol–water partition coefficient (Wildman–Crippen LogP) is 4.42. The molecule has 7 heteroatoms. The number of hydrogen-bond acceptors (Lipinski definition) is 5. The number of rotatable bonds is 4. The molecule has 0 unspecified atom stereocenters. The van der Waals surface area contributed by atoms with Crippen LogP contribution in [-0.2, 0) is 6.42 Å². The molecule has 1 saturated heterocycles. The van der Waals surface area contributed by atoms with Crippen molar-refractivity contribution in [1.29, 1.82) is 0 Å². The van der Waals surface area contributed by atoms with E-state index in [2.05, 4.69) is 23.0 Å². The average Bonchev–Trinajstić information content (AvgIpc) is 3.11. The first-order valence-electron chi connectivity index (χ1n) is 12.0. The number of benzene rings is 2. The second-order valence-corrected chi connectivity index (χ2v) is 9.80. The van der Waals surface area contributed by atoms with Crippen molar-refractivity contribution in [2.45, 2.75) is 39.2 Å². The summed E-state index contributed by atoms with van der Waals surface area (Å²) in [6, 6.07) is 13.2. The quantitative estimate of drug-likeness (QED) is 0.550. The lowest BCUT2D eigenvalue weighted by Crippen LogP contribution is -2.45. The Kier molecular flexibility index (Phi) is 6.08. The number of anilines is 1. The molecule has 3 aromatic rings. The highest BCUT2D eigenvalue weighted by molar-refractivity contribution is 6.33. The monoisotopic (exact) mass is 488 g/mol. The minimum absolute atomic E-state index is 0.0172. The maximum atomic E-state index is 13.2. The first kappa shape index (κ1) is 23.5. The van der Waals surface area contributed by atoms with Gasteiger partial charge in [0.1, 0.15) is 22.4 Å². The molecule has 1 fully saturated rings. The van der Waals surface area contributed by atoms with Gasteiger partial charge < -0.3 is 15.4 Å². The molecule has 1 aliphatic carbocycles. The Morgan fingerprint density at radius 1 is 1.26 bits per heavy atom. The van der Waals surface area contributed by atoms with E-state index in [1.807, 2.05) is 26.0 Å². The van der Waals surface area contributed by atoms with Crippen molar-refractivity contribution in [1.82, 2.24) is 9.55 Å². The Hall–Kier alpha value is -3.27. The van der Waals surface area contributed by atoms with E-state index >= 15 is 0 Å². The van der Waals surface area contributed by atoms with Crippen LogP contribution in [0, 0.1) is 24.7 Å². The summed E-state index contributed by atoms with van der Waals surface area (Å²) in [7, 11) is 0. The summed E-state index contributed by atoms with van der Waals surface area (Å²) < 4.78 is 7.13. The Morgan fingerprint density at radius 3 is 2.71 bits per heavy atom. The zero-order valence-corrected chi connectivity index (χ0v) is 20.8. The van der Waals surface area contributed by atoms with Gasteiger partial charge in [-0.25, -0.2) is 4.98 Å². The van der Waals surface area contributed by atoms with Gasteiger partial charge in [0, 0.05) is 30.8 Å². The zero-order chi connectivity index (χ0) is 24.7. The molecule has 6 nitrogen and oxygen atoms in total. The smallest absolute Gasteiger partial charge is 0.260 e. The Balaban J connectivity index is 1.38. The van der Waals surface area contributed by atoms with E-state index < -0.39 is 0 Å². The summed E-state index contributed by atoms with van der Waals surface area (Å²) in [4.78, 5) is 20.2. The molecule has 180 valence electrons. The molecule has 1 spiro atoms. The molecule has 2 heterocycles. The first-order valence-corrected chi connectivity index (χ1v) is 12.4. The van der Waals surface area contributed by atoms with E-state index in [4.69, 9.17) is 33.5 Å². The summed E-state index contributed by atoms with van der Waals surface area (Å²) in [6.45, 7) is 5.79. The van der Waals surface area contributed by atoms with E-state index in [9.17, 15) is 4.79 Å². The number of fused-ring (bicyclic) bond motifs is 1. The fraction of sp³-hybridized carbons (Fsp3) is 0.357. The van der Waals surface area contributed by atoms with Crippen LogP contribution in [0.15, 0.2) is 47.3 Å². The second-order valence-electron chi connectivity index (χ2n) is 9.42. The summed E-state index contributed by atoms with van der Waals surface area (Å²) in [5.41, 5.74) is 10.5. The molecule has 0 saturated carbocycles. The average molecular weight is 489 g/mol. The topological polar surface area (TPSA) is 73.4 Å². The third kappa shape index (κ3) is 3.99. The predicted molar refractivity (Wildman–Crippen MR) is 140 cm³/mol. The maximum absolute atomic E-state index is 13.2. The summed E-state index contributed by atoms with van der Waals surface area (Å²) in [5, 5.41) is 0.400. The van der Waals surface area contributed by atoms with E-state index in [-0.39, 0.29) is 17.0 Å². The van der Waals surface area contributed by atoms with Gasteiger partial charge in [0.15, 0.2) is 0 Å². The molecule has 2 aromatic carbocycles. The molecule has 1 atom stereocenters. The molecule has 5 rings (SSSR count). The number of terminal acetylenes is 1. The number of aryl methyl sites for hydroxylation is 1. The van der Waals surface area contributed by atoms with Crippen LogP contribution in [0.2, 0.25) is 5.02 Å². The van der Waals surface area contributed by atoms with E-state index in [0.717, 1.165) is 37.9 Å². The van der Waals surface area contributed by atoms with Crippen LogP contribution in [0.25, 0.3) is 5.69 Å². The largest absolute Gasteiger partial charge is 0.492 e. The van der Waals surface area contributed by atoms with E-state index in [1.54, 1.807) is 18.2 Å². The van der Waals surface area contributed by atoms with Crippen LogP contribution in [0.1, 0.15) is 48.3 Å². The van der Waals surface area contributed by atoms with Crippen LogP contribution in [0.3, 0.4) is 0 Å². The van der Waals surface area contributed by atoms with Gasteiger partial charge in [-0.1, -0.05) is 29.7 Å². The van der Waals surface area contributed by atoms with Crippen molar-refractivity contribution in [2.24, 2.45) is 11.1 Å². The van der Waals surface area contributed by atoms with Gasteiger partial charge in [-0.05, 0) is 73.9 Å². The normalized spacial score (nSPS) is 18.4. The number of ether oxygens (including phenoxy) is 1. The van der Waals surface area contributed by atoms with E-state index in [0.29, 0.717) is 34.7 Å². The molecular weight excluding hydrogens is 460 g/mol. The van der Waals surface area contributed by atoms with Gasteiger partial charge in [0.25, 0.3) is 5.56 Å². The van der Waals surface area contributed by atoms with Crippen molar-refractivity contribution in [3.05, 3.63) is 80.4 Å². The lowest BCUT2D eigenvalue weighted by atomic mass is 9.73. The third-order valence-electron chi connectivity index (χ3n) is 7.49. The molecule has 2 aliphatic rings. The van der Waals surface area contributed by atoms with Gasteiger partial charge in [-0.3, -0.25) is 9.36 Å². The summed E-state index contributed by atoms with van der Waals surface area (Å²) in [5.74, 6) is 4.53. The highest BCUT2D eigenvalue weighted by atomic mass is 35.5. The van der Waals surface area contributed by atoms with Crippen LogP contribution in [-0.4, -0.2) is 29.2 Å². The van der Waals surface area contributed by atoms with Crippen LogP contribution >= 0.6 is 11.6 Å². The van der Waals surface area contributed by atoms with Crippen molar-refractivity contribution in [2.75, 3.05) is 24.6 Å². The molecule has 0 bridgehead atoms. The van der Waals surface area contributed by atoms with Crippen LogP contribution in [0.5, 0.6) is 5.75 Å². The zero-order valence-electron chi connectivity index (χ0n) is 20.1. The van der Waals surface area contributed by atoms with Gasteiger partial charge in [-0.15, -0.1) is 6.42 Å². The lowest BCUT2D eigenvalue weighted by molar-refractivity contribution is 0.187. The molecule has 2 N–H and O–H groups in total. The van der Waals surface area contributed by atoms with Gasteiger partial charge in [0.2, 0.25) is 0 Å². The summed E-state index contributed by atoms with van der Waals surface area (Å²) >= 11 is 6.55. The van der Waals surface area contributed by atoms with Crippen LogP contribution in [0.4, 0.5) is 5.82 Å². The Bertz CT molecular complexity index is 1380. The van der Waals surface area contributed by atoms with Gasteiger partial charge in [-0.2, -0.15) is 0 Å². The minimum Gasteiger partial charge on any atom is -0.492 e. The first-order chi connectivity index (χ1) is 16.9. The SMILES string of the molecule is C#Cc1ccc2c(c1)[C@@H](N)C1(CCN(c3cc(=O)n(-c4cccc(OCC)c4Cl)c(C)n3)CC1)C2. The third-order valence-corrected chi connectivity index (χ3v) is 7.87. The Labute approximate surface area is 210 Å². The van der Waals surface area contributed by atoms with Gasteiger partial charge >= 0.3 is 0 Å². The van der Waals surface area contributed by atoms with Gasteiger partial charge in [0.05, 0.1) is 12.3 Å². The van der Waals surface area contributed by atoms with Crippen LogP contribution < -0.4 is 20.9 Å². The number of hydrogen-bond donors (Lipinski definition) is 1. The number of piperidine rings is 1. The molecule has 1 aliphatic heterocycles. The van der Waals surface area contributed by atoms with Crippen molar-refractivity contribution in [3.8, 4) is 23.8 Å². The summed E-state index contributed by atoms with van der Waals surface area (Å²) in [6.07, 6.45) is 8.42. The van der Waals surface area contributed by atoms with Crippen molar-refractivity contribution in [3.63, 3.8) is 0 Å². The molecule has 0 amide bonds. The Morgan fingerprint density at radius 2 is 2.03 bits per heavy atom. The lowest BCUT2D eigenvalue weighted by Gasteiger charge is -2.42. The fourth-order valence-electron chi connectivity index (χ4n) is 5.60. The number of nitrogens with zero attached hydrogens (tertiary/aromatic N) is 3. The van der Waals surface area contributed by atoms with Crippen molar-refractivity contribution >= 4 is 17.4 Å². The highest BCUT2D eigenvalue weighted by Gasteiger charge is 2.46.